The molecule has 0 radical (unpaired) electrons. The van der Waals surface area contributed by atoms with Crippen molar-refractivity contribution in [2.24, 2.45) is 5.73 Å². The topological polar surface area (TPSA) is 63.3 Å². The number of benzene rings is 1. The maximum atomic E-state index is 13.1. The Balaban J connectivity index is 3.26. The Morgan fingerprint density at radius 3 is 2.47 bits per heavy atom. The van der Waals surface area contributed by atoms with E-state index in [1.165, 1.54) is 0 Å². The number of phenols is 1. The molecule has 0 heterocycles. The molecule has 0 fully saturated rings. The van der Waals surface area contributed by atoms with E-state index in [1.54, 1.807) is 0 Å². The van der Waals surface area contributed by atoms with Crippen LogP contribution in [0.1, 0.15) is 16.8 Å². The number of hydrogen-bond acceptors (Lipinski definition) is 3. The molecule has 0 amide bonds. The number of Topliss-reactive ketones (excluding diaryl/α,β-unsaturated/α-hetero) is 1. The minimum absolute atomic E-state index is 0.0436. The number of carbonyl (C=O) groups excluding carboxylic acids is 1. The molecular formula is C9H8F3NO2. The predicted molar refractivity (Wildman–Crippen MR) is 46.0 cm³/mol. The lowest BCUT2D eigenvalue weighted by Crippen LogP contribution is -2.11. The van der Waals surface area contributed by atoms with Crippen molar-refractivity contribution in [3.05, 3.63) is 29.1 Å². The van der Waals surface area contributed by atoms with Gasteiger partial charge in [-0.1, -0.05) is 0 Å². The van der Waals surface area contributed by atoms with E-state index in [0.29, 0.717) is 6.07 Å². The van der Waals surface area contributed by atoms with Gasteiger partial charge < -0.3 is 10.8 Å². The standard InChI is InChI=1S/C9H8F3NO2/c10-5-3-4(6(14)1-2-13)7(11)9(15)8(5)12/h3,15H,1-2,13H2. The van der Waals surface area contributed by atoms with Crippen molar-refractivity contribution in [3.63, 3.8) is 0 Å². The van der Waals surface area contributed by atoms with E-state index in [2.05, 4.69) is 0 Å². The second-order valence-electron chi connectivity index (χ2n) is 2.84. The maximum absolute atomic E-state index is 13.1. The third kappa shape index (κ3) is 2.10. The Hall–Kier alpha value is -1.56. The second-order valence-corrected chi connectivity index (χ2v) is 2.84. The lowest BCUT2D eigenvalue weighted by Gasteiger charge is -2.04. The summed E-state index contributed by atoms with van der Waals surface area (Å²) < 4.78 is 38.5. The van der Waals surface area contributed by atoms with Crippen molar-refractivity contribution in [1.29, 1.82) is 0 Å². The minimum atomic E-state index is -1.71. The average Bonchev–Trinajstić information content (AvgIpc) is 2.20. The molecule has 1 aromatic rings. The van der Waals surface area contributed by atoms with Crippen molar-refractivity contribution >= 4 is 5.78 Å². The molecule has 3 nitrogen and oxygen atoms in total. The van der Waals surface area contributed by atoms with Crippen LogP contribution in [-0.4, -0.2) is 17.4 Å². The van der Waals surface area contributed by atoms with Crippen molar-refractivity contribution in [2.45, 2.75) is 6.42 Å². The summed E-state index contributed by atoms with van der Waals surface area (Å²) in [5, 5.41) is 8.81. The normalized spacial score (nSPS) is 10.4. The first-order chi connectivity index (χ1) is 6.99. The molecule has 1 rings (SSSR count). The van der Waals surface area contributed by atoms with Crippen molar-refractivity contribution < 1.29 is 23.1 Å². The zero-order valence-electron chi connectivity index (χ0n) is 7.56. The zero-order chi connectivity index (χ0) is 11.6. The molecule has 0 aromatic heterocycles. The number of aromatic hydroxyl groups is 1. The molecule has 0 aliphatic carbocycles. The Morgan fingerprint density at radius 2 is 1.93 bits per heavy atom. The molecule has 3 N–H and O–H groups in total. The Morgan fingerprint density at radius 1 is 1.33 bits per heavy atom. The van der Waals surface area contributed by atoms with Gasteiger partial charge in [-0.05, 0) is 12.6 Å². The van der Waals surface area contributed by atoms with E-state index in [4.69, 9.17) is 10.8 Å². The predicted octanol–water partition coefficient (Wildman–Crippen LogP) is 1.34. The van der Waals surface area contributed by atoms with E-state index in [-0.39, 0.29) is 13.0 Å². The highest BCUT2D eigenvalue weighted by atomic mass is 19.2. The van der Waals surface area contributed by atoms with Gasteiger partial charge in [0.05, 0.1) is 5.56 Å². The van der Waals surface area contributed by atoms with Gasteiger partial charge in [0.25, 0.3) is 0 Å². The third-order valence-electron chi connectivity index (χ3n) is 1.80. The Bertz CT molecular complexity index is 407. The van der Waals surface area contributed by atoms with Crippen LogP contribution in [0.4, 0.5) is 13.2 Å². The molecule has 0 aliphatic heterocycles. The van der Waals surface area contributed by atoms with Crippen LogP contribution in [0.5, 0.6) is 5.75 Å². The molecule has 1 aromatic carbocycles. The lowest BCUT2D eigenvalue weighted by molar-refractivity contribution is 0.0980. The molecule has 0 saturated carbocycles. The molecule has 0 saturated heterocycles. The number of phenolic OH excluding ortho intramolecular Hbond substituents is 1. The highest BCUT2D eigenvalue weighted by Gasteiger charge is 2.21. The smallest absolute Gasteiger partial charge is 0.203 e. The van der Waals surface area contributed by atoms with Gasteiger partial charge in [-0.3, -0.25) is 4.79 Å². The number of halogens is 3. The summed E-state index contributed by atoms with van der Waals surface area (Å²) in [6, 6.07) is 0.405. The van der Waals surface area contributed by atoms with E-state index < -0.39 is 34.5 Å². The third-order valence-corrected chi connectivity index (χ3v) is 1.80. The van der Waals surface area contributed by atoms with Gasteiger partial charge in [0.15, 0.2) is 23.2 Å². The van der Waals surface area contributed by atoms with Crippen LogP contribution in [0.2, 0.25) is 0 Å². The highest BCUT2D eigenvalue weighted by molar-refractivity contribution is 5.96. The summed E-state index contributed by atoms with van der Waals surface area (Å²) in [6.07, 6.45) is -0.207. The highest BCUT2D eigenvalue weighted by Crippen LogP contribution is 2.26. The van der Waals surface area contributed by atoms with Gasteiger partial charge in [0.1, 0.15) is 0 Å². The van der Waals surface area contributed by atoms with Crippen molar-refractivity contribution in [2.75, 3.05) is 6.54 Å². The number of rotatable bonds is 3. The van der Waals surface area contributed by atoms with E-state index in [9.17, 15) is 18.0 Å². The van der Waals surface area contributed by atoms with Crippen LogP contribution in [0.15, 0.2) is 6.07 Å². The first kappa shape index (κ1) is 11.5. The lowest BCUT2D eigenvalue weighted by atomic mass is 10.1. The summed E-state index contributed by atoms with van der Waals surface area (Å²) in [5.74, 6) is -6.93. The maximum Gasteiger partial charge on any atom is 0.203 e. The zero-order valence-corrected chi connectivity index (χ0v) is 7.56. The van der Waals surface area contributed by atoms with Gasteiger partial charge >= 0.3 is 0 Å². The van der Waals surface area contributed by atoms with Crippen LogP contribution < -0.4 is 5.73 Å². The first-order valence-electron chi connectivity index (χ1n) is 4.08. The summed E-state index contributed by atoms with van der Waals surface area (Å²) in [6.45, 7) is -0.0436. The largest absolute Gasteiger partial charge is 0.503 e. The Labute approximate surface area is 83.3 Å². The molecule has 0 aliphatic rings. The number of ketones is 1. The van der Waals surface area contributed by atoms with Gasteiger partial charge in [0.2, 0.25) is 5.82 Å². The second kappa shape index (κ2) is 4.31. The van der Waals surface area contributed by atoms with E-state index >= 15 is 0 Å². The minimum Gasteiger partial charge on any atom is -0.503 e. The molecule has 15 heavy (non-hydrogen) atoms. The van der Waals surface area contributed by atoms with Crippen LogP contribution in [0, 0.1) is 17.5 Å². The first-order valence-corrected chi connectivity index (χ1v) is 4.08. The quantitative estimate of drug-likeness (QED) is 0.595. The fraction of sp³-hybridized carbons (Fsp3) is 0.222. The van der Waals surface area contributed by atoms with Crippen LogP contribution in [0.25, 0.3) is 0 Å². The summed E-state index contributed by atoms with van der Waals surface area (Å²) in [4.78, 5) is 11.2. The molecule has 0 bridgehead atoms. The van der Waals surface area contributed by atoms with Gasteiger partial charge in [-0.2, -0.15) is 4.39 Å². The SMILES string of the molecule is NCCC(=O)c1cc(F)c(F)c(O)c1F. The van der Waals surface area contributed by atoms with Gasteiger partial charge in [-0.15, -0.1) is 0 Å². The average molecular weight is 219 g/mol. The van der Waals surface area contributed by atoms with E-state index in [0.717, 1.165) is 0 Å². The molecular weight excluding hydrogens is 211 g/mol. The molecule has 0 atom stereocenters. The van der Waals surface area contributed by atoms with Crippen LogP contribution >= 0.6 is 0 Å². The van der Waals surface area contributed by atoms with Crippen LogP contribution in [-0.2, 0) is 0 Å². The fourth-order valence-corrected chi connectivity index (χ4v) is 1.06. The van der Waals surface area contributed by atoms with E-state index in [1.807, 2.05) is 0 Å². The summed E-state index contributed by atoms with van der Waals surface area (Å²) in [5.41, 5.74) is 4.35. The molecule has 82 valence electrons. The fourth-order valence-electron chi connectivity index (χ4n) is 1.06. The monoisotopic (exact) mass is 219 g/mol. The summed E-state index contributed by atoms with van der Waals surface area (Å²) in [7, 11) is 0. The number of hydrogen-bond donors (Lipinski definition) is 2. The summed E-state index contributed by atoms with van der Waals surface area (Å²) >= 11 is 0. The molecule has 6 heteroatoms. The number of nitrogens with two attached hydrogens (primary N) is 1. The van der Waals surface area contributed by atoms with Gasteiger partial charge in [-0.25, -0.2) is 8.78 Å². The molecule has 0 spiro atoms. The Kier molecular flexibility index (Phi) is 3.31. The van der Waals surface area contributed by atoms with Crippen molar-refractivity contribution in [3.8, 4) is 5.75 Å². The van der Waals surface area contributed by atoms with Crippen LogP contribution in [0.3, 0.4) is 0 Å². The van der Waals surface area contributed by atoms with Crippen molar-refractivity contribution in [1.82, 2.24) is 0 Å². The number of carbonyl (C=O) groups is 1. The molecule has 0 unspecified atom stereocenters. The van der Waals surface area contributed by atoms with Gasteiger partial charge in [0, 0.05) is 6.42 Å².